The summed E-state index contributed by atoms with van der Waals surface area (Å²) in [5.41, 5.74) is 2.87. The zero-order valence-corrected chi connectivity index (χ0v) is 11.2. The first-order chi connectivity index (χ1) is 8.11. The van der Waals surface area contributed by atoms with Crippen molar-refractivity contribution >= 4 is 0 Å². The highest BCUT2D eigenvalue weighted by Crippen LogP contribution is 2.25. The standard InChI is InChI=1S/C15H23NO/c1-13-5-4-6-14(11-13)12-16-9-7-15(2,17-3)8-10-16/h4-6,11H,7-10,12H2,1-3H3. The molecule has 2 nitrogen and oxygen atoms in total. The minimum atomic E-state index is 0.100. The quantitative estimate of drug-likeness (QED) is 0.796. The van der Waals surface area contributed by atoms with E-state index in [1.54, 1.807) is 0 Å². The molecule has 0 saturated carbocycles. The molecule has 2 rings (SSSR count). The van der Waals surface area contributed by atoms with Gasteiger partial charge in [0.15, 0.2) is 0 Å². The van der Waals surface area contributed by atoms with Gasteiger partial charge in [0.25, 0.3) is 0 Å². The number of ether oxygens (including phenoxy) is 1. The van der Waals surface area contributed by atoms with Crippen molar-refractivity contribution < 1.29 is 4.74 Å². The summed E-state index contributed by atoms with van der Waals surface area (Å²) in [4.78, 5) is 2.52. The van der Waals surface area contributed by atoms with Crippen LogP contribution in [0, 0.1) is 6.92 Å². The predicted molar refractivity (Wildman–Crippen MR) is 71.1 cm³/mol. The van der Waals surface area contributed by atoms with Gasteiger partial charge in [0.2, 0.25) is 0 Å². The molecule has 0 atom stereocenters. The Morgan fingerprint density at radius 2 is 2.00 bits per heavy atom. The number of benzene rings is 1. The van der Waals surface area contributed by atoms with E-state index < -0.39 is 0 Å². The van der Waals surface area contributed by atoms with Gasteiger partial charge in [-0.1, -0.05) is 29.8 Å². The molecular formula is C15H23NO. The van der Waals surface area contributed by atoms with Gasteiger partial charge < -0.3 is 4.74 Å². The lowest BCUT2D eigenvalue weighted by Gasteiger charge is -2.38. The van der Waals surface area contributed by atoms with Crippen LogP contribution in [0.2, 0.25) is 0 Å². The van der Waals surface area contributed by atoms with Crippen molar-refractivity contribution in [1.82, 2.24) is 4.90 Å². The fourth-order valence-corrected chi connectivity index (χ4v) is 2.46. The first kappa shape index (κ1) is 12.6. The molecule has 0 aliphatic carbocycles. The maximum absolute atomic E-state index is 5.57. The maximum atomic E-state index is 5.57. The third-order valence-corrected chi connectivity index (χ3v) is 3.90. The number of rotatable bonds is 3. The van der Waals surface area contributed by atoms with Crippen molar-refractivity contribution in [2.75, 3.05) is 20.2 Å². The van der Waals surface area contributed by atoms with Gasteiger partial charge in [0.1, 0.15) is 0 Å². The predicted octanol–water partition coefficient (Wildman–Crippen LogP) is 3.00. The Morgan fingerprint density at radius 1 is 1.29 bits per heavy atom. The molecule has 17 heavy (non-hydrogen) atoms. The molecular weight excluding hydrogens is 210 g/mol. The Bertz CT molecular complexity index is 367. The molecule has 0 amide bonds. The second-order valence-electron chi connectivity index (χ2n) is 5.42. The second kappa shape index (κ2) is 5.19. The van der Waals surface area contributed by atoms with Crippen molar-refractivity contribution in [1.29, 1.82) is 0 Å². The van der Waals surface area contributed by atoms with Gasteiger partial charge in [0, 0.05) is 26.7 Å². The lowest BCUT2D eigenvalue weighted by molar-refractivity contribution is -0.0440. The summed E-state index contributed by atoms with van der Waals surface area (Å²) in [6.07, 6.45) is 2.27. The fourth-order valence-electron chi connectivity index (χ4n) is 2.46. The SMILES string of the molecule is COC1(C)CCN(Cc2cccc(C)c2)CC1. The minimum absolute atomic E-state index is 0.100. The first-order valence-corrected chi connectivity index (χ1v) is 6.44. The molecule has 1 fully saturated rings. The van der Waals surface area contributed by atoms with E-state index >= 15 is 0 Å². The zero-order chi connectivity index (χ0) is 12.3. The Kier molecular flexibility index (Phi) is 3.85. The largest absolute Gasteiger partial charge is 0.378 e. The van der Waals surface area contributed by atoms with Crippen molar-refractivity contribution in [2.24, 2.45) is 0 Å². The van der Waals surface area contributed by atoms with Gasteiger partial charge in [-0.05, 0) is 32.3 Å². The monoisotopic (exact) mass is 233 g/mol. The molecule has 1 aliphatic heterocycles. The summed E-state index contributed by atoms with van der Waals surface area (Å²) < 4.78 is 5.57. The van der Waals surface area contributed by atoms with Gasteiger partial charge in [-0.25, -0.2) is 0 Å². The van der Waals surface area contributed by atoms with Crippen LogP contribution in [0.3, 0.4) is 0 Å². The van der Waals surface area contributed by atoms with Crippen molar-refractivity contribution in [2.45, 2.75) is 38.8 Å². The Labute approximate surface area is 105 Å². The Hall–Kier alpha value is -0.860. The van der Waals surface area contributed by atoms with Crippen LogP contribution in [-0.4, -0.2) is 30.7 Å². The third-order valence-electron chi connectivity index (χ3n) is 3.90. The van der Waals surface area contributed by atoms with Crippen LogP contribution < -0.4 is 0 Å². The molecule has 0 aromatic heterocycles. The van der Waals surface area contributed by atoms with E-state index in [9.17, 15) is 0 Å². The number of hydrogen-bond donors (Lipinski definition) is 0. The molecule has 0 N–H and O–H groups in total. The normalized spacial score (nSPS) is 20.4. The minimum Gasteiger partial charge on any atom is -0.378 e. The Morgan fingerprint density at radius 3 is 2.59 bits per heavy atom. The highest BCUT2D eigenvalue weighted by atomic mass is 16.5. The van der Waals surface area contributed by atoms with Crippen LogP contribution in [-0.2, 0) is 11.3 Å². The lowest BCUT2D eigenvalue weighted by atomic mass is 9.93. The fraction of sp³-hybridized carbons (Fsp3) is 0.600. The Balaban J connectivity index is 1.90. The number of nitrogens with zero attached hydrogens (tertiary/aromatic N) is 1. The number of likely N-dealkylation sites (tertiary alicyclic amines) is 1. The average Bonchev–Trinajstić information content (AvgIpc) is 2.33. The van der Waals surface area contributed by atoms with Crippen LogP contribution in [0.1, 0.15) is 30.9 Å². The molecule has 0 unspecified atom stereocenters. The topological polar surface area (TPSA) is 12.5 Å². The summed E-state index contributed by atoms with van der Waals surface area (Å²) in [7, 11) is 1.83. The molecule has 1 heterocycles. The summed E-state index contributed by atoms with van der Waals surface area (Å²) in [6, 6.07) is 8.80. The highest BCUT2D eigenvalue weighted by Gasteiger charge is 2.29. The third kappa shape index (κ3) is 3.30. The van der Waals surface area contributed by atoms with E-state index in [2.05, 4.69) is 43.0 Å². The molecule has 2 heteroatoms. The van der Waals surface area contributed by atoms with Gasteiger partial charge in [-0.15, -0.1) is 0 Å². The van der Waals surface area contributed by atoms with E-state index in [1.165, 1.54) is 11.1 Å². The van der Waals surface area contributed by atoms with Crippen LogP contribution in [0.15, 0.2) is 24.3 Å². The van der Waals surface area contributed by atoms with Crippen molar-refractivity contribution in [3.8, 4) is 0 Å². The lowest BCUT2D eigenvalue weighted by Crippen LogP contribution is -2.43. The summed E-state index contributed by atoms with van der Waals surface area (Å²) >= 11 is 0. The van der Waals surface area contributed by atoms with Crippen LogP contribution >= 0.6 is 0 Å². The smallest absolute Gasteiger partial charge is 0.0675 e. The van der Waals surface area contributed by atoms with Gasteiger partial charge in [-0.2, -0.15) is 0 Å². The molecule has 1 aliphatic rings. The molecule has 1 saturated heterocycles. The molecule has 0 bridgehead atoms. The van der Waals surface area contributed by atoms with Gasteiger partial charge in [0.05, 0.1) is 5.60 Å². The van der Waals surface area contributed by atoms with Crippen molar-refractivity contribution in [3.05, 3.63) is 35.4 Å². The van der Waals surface area contributed by atoms with E-state index in [-0.39, 0.29) is 5.60 Å². The van der Waals surface area contributed by atoms with E-state index in [4.69, 9.17) is 4.74 Å². The second-order valence-corrected chi connectivity index (χ2v) is 5.42. The molecule has 1 aromatic rings. The number of methoxy groups -OCH3 is 1. The summed E-state index contributed by atoms with van der Waals surface area (Å²) in [5, 5.41) is 0. The number of aryl methyl sites for hydroxylation is 1. The highest BCUT2D eigenvalue weighted by molar-refractivity contribution is 5.22. The first-order valence-electron chi connectivity index (χ1n) is 6.44. The molecule has 94 valence electrons. The summed E-state index contributed by atoms with van der Waals surface area (Å²) in [5.74, 6) is 0. The van der Waals surface area contributed by atoms with Crippen LogP contribution in [0.4, 0.5) is 0 Å². The average molecular weight is 233 g/mol. The van der Waals surface area contributed by atoms with Crippen LogP contribution in [0.25, 0.3) is 0 Å². The zero-order valence-electron chi connectivity index (χ0n) is 11.2. The molecule has 1 aromatic carbocycles. The molecule has 0 spiro atoms. The van der Waals surface area contributed by atoms with Crippen LogP contribution in [0.5, 0.6) is 0 Å². The van der Waals surface area contributed by atoms with Crippen molar-refractivity contribution in [3.63, 3.8) is 0 Å². The van der Waals surface area contributed by atoms with Gasteiger partial charge >= 0.3 is 0 Å². The number of hydrogen-bond acceptors (Lipinski definition) is 2. The summed E-state index contributed by atoms with van der Waals surface area (Å²) in [6.45, 7) is 7.72. The van der Waals surface area contributed by atoms with E-state index in [0.717, 1.165) is 32.5 Å². The van der Waals surface area contributed by atoms with Gasteiger partial charge in [-0.3, -0.25) is 4.90 Å². The van der Waals surface area contributed by atoms with E-state index in [1.807, 2.05) is 7.11 Å². The number of piperidine rings is 1. The van der Waals surface area contributed by atoms with E-state index in [0.29, 0.717) is 0 Å². The maximum Gasteiger partial charge on any atom is 0.0675 e. The molecule has 0 radical (unpaired) electrons.